The number of nitrogens with zero attached hydrogens (tertiary/aromatic N) is 1. The predicted molar refractivity (Wildman–Crippen MR) is 99.6 cm³/mol. The molecule has 132 valence electrons. The fraction of sp³-hybridized carbons (Fsp3) is 0.333. The van der Waals surface area contributed by atoms with Crippen LogP contribution in [0.3, 0.4) is 0 Å². The van der Waals surface area contributed by atoms with Crippen LogP contribution in [0, 0.1) is 0 Å². The molecule has 0 aliphatic heterocycles. The molecule has 0 bridgehead atoms. The van der Waals surface area contributed by atoms with Gasteiger partial charge in [0.15, 0.2) is 0 Å². The Hall–Kier alpha value is -2.62. The Kier molecular flexibility index (Phi) is 5.97. The van der Waals surface area contributed by atoms with E-state index in [0.29, 0.717) is 18.7 Å². The van der Waals surface area contributed by atoms with Crippen molar-refractivity contribution in [1.82, 2.24) is 4.90 Å². The van der Waals surface area contributed by atoms with Gasteiger partial charge in [-0.1, -0.05) is 42.5 Å². The summed E-state index contributed by atoms with van der Waals surface area (Å²) in [7, 11) is 0. The molecule has 4 heteroatoms. The summed E-state index contributed by atoms with van der Waals surface area (Å²) < 4.78 is 5.46. The average molecular weight is 339 g/mol. The van der Waals surface area contributed by atoms with Gasteiger partial charge in [0.2, 0.25) is 0 Å². The smallest absolute Gasteiger partial charge is 0.410 e. The van der Waals surface area contributed by atoms with Crippen molar-refractivity contribution in [3.8, 4) is 11.1 Å². The van der Waals surface area contributed by atoms with E-state index in [1.165, 1.54) is 0 Å². The highest BCUT2D eigenvalue weighted by atomic mass is 16.6. The molecule has 2 aromatic rings. The molecule has 0 atom stereocenters. The summed E-state index contributed by atoms with van der Waals surface area (Å²) in [4.78, 5) is 24.7. The van der Waals surface area contributed by atoms with Gasteiger partial charge in [0.05, 0.1) is 0 Å². The van der Waals surface area contributed by atoms with E-state index in [1.807, 2.05) is 58.0 Å². The topological polar surface area (TPSA) is 46.6 Å². The number of ether oxygens (including phenoxy) is 1. The SMILES string of the molecule is CCN(Cc1cccc(-c2ccc(C=O)cc2)c1)C(=O)OC(C)(C)C. The van der Waals surface area contributed by atoms with Crippen LogP contribution >= 0.6 is 0 Å². The first-order valence-corrected chi connectivity index (χ1v) is 8.45. The Balaban J connectivity index is 2.16. The molecule has 2 aromatic carbocycles. The summed E-state index contributed by atoms with van der Waals surface area (Å²) in [5.74, 6) is 0. The predicted octanol–water partition coefficient (Wildman–Crippen LogP) is 4.92. The largest absolute Gasteiger partial charge is 0.444 e. The number of rotatable bonds is 5. The number of amides is 1. The zero-order valence-corrected chi connectivity index (χ0v) is 15.3. The molecular weight excluding hydrogens is 314 g/mol. The number of hydrogen-bond acceptors (Lipinski definition) is 3. The summed E-state index contributed by atoms with van der Waals surface area (Å²) >= 11 is 0. The van der Waals surface area contributed by atoms with Crippen LogP contribution < -0.4 is 0 Å². The lowest BCUT2D eigenvalue weighted by molar-refractivity contribution is 0.0244. The first kappa shape index (κ1) is 18.7. The van der Waals surface area contributed by atoms with Gasteiger partial charge in [-0.25, -0.2) is 4.79 Å². The molecule has 0 saturated heterocycles. The number of benzene rings is 2. The monoisotopic (exact) mass is 339 g/mol. The minimum absolute atomic E-state index is 0.310. The zero-order chi connectivity index (χ0) is 18.4. The maximum atomic E-state index is 12.3. The van der Waals surface area contributed by atoms with Gasteiger partial charge in [0, 0.05) is 18.7 Å². The highest BCUT2D eigenvalue weighted by Gasteiger charge is 2.21. The normalized spacial score (nSPS) is 11.0. The first-order valence-electron chi connectivity index (χ1n) is 8.45. The molecule has 0 spiro atoms. The van der Waals surface area contributed by atoms with Crippen LogP contribution in [0.1, 0.15) is 43.6 Å². The van der Waals surface area contributed by atoms with Gasteiger partial charge in [-0.2, -0.15) is 0 Å². The van der Waals surface area contributed by atoms with Crippen LogP contribution in [-0.2, 0) is 11.3 Å². The van der Waals surface area contributed by atoms with Gasteiger partial charge in [-0.05, 0) is 50.5 Å². The van der Waals surface area contributed by atoms with E-state index >= 15 is 0 Å². The van der Waals surface area contributed by atoms with E-state index in [4.69, 9.17) is 4.74 Å². The lowest BCUT2D eigenvalue weighted by Gasteiger charge is -2.26. The Bertz CT molecular complexity index is 730. The van der Waals surface area contributed by atoms with Crippen LogP contribution in [0.2, 0.25) is 0 Å². The standard InChI is InChI=1S/C21H25NO3/c1-5-22(20(24)25-21(2,3)4)14-17-7-6-8-19(13-17)18-11-9-16(15-23)10-12-18/h6-13,15H,5,14H2,1-4H3. The van der Waals surface area contributed by atoms with Crippen molar-refractivity contribution in [2.45, 2.75) is 39.8 Å². The van der Waals surface area contributed by atoms with Crippen molar-refractivity contribution < 1.29 is 14.3 Å². The van der Waals surface area contributed by atoms with Crippen LogP contribution in [0.5, 0.6) is 0 Å². The van der Waals surface area contributed by atoms with Crippen molar-refractivity contribution >= 4 is 12.4 Å². The van der Waals surface area contributed by atoms with Crippen molar-refractivity contribution in [3.05, 3.63) is 59.7 Å². The minimum atomic E-state index is -0.507. The molecule has 1 amide bonds. The van der Waals surface area contributed by atoms with Crippen molar-refractivity contribution in [2.24, 2.45) is 0 Å². The average Bonchev–Trinajstić information content (AvgIpc) is 2.58. The number of carbonyl (C=O) groups is 2. The summed E-state index contributed by atoms with van der Waals surface area (Å²) in [6, 6.07) is 15.5. The third-order valence-electron chi connectivity index (χ3n) is 3.71. The van der Waals surface area contributed by atoms with Gasteiger partial charge in [-0.15, -0.1) is 0 Å². The molecule has 0 saturated carbocycles. The quantitative estimate of drug-likeness (QED) is 0.726. The molecule has 4 nitrogen and oxygen atoms in total. The zero-order valence-electron chi connectivity index (χ0n) is 15.3. The van der Waals surface area contributed by atoms with Crippen LogP contribution in [0.25, 0.3) is 11.1 Å². The highest BCUT2D eigenvalue weighted by Crippen LogP contribution is 2.22. The Morgan fingerprint density at radius 2 is 1.76 bits per heavy atom. The maximum Gasteiger partial charge on any atom is 0.410 e. The summed E-state index contributed by atoms with van der Waals surface area (Å²) in [6.07, 6.45) is 0.524. The van der Waals surface area contributed by atoms with Crippen molar-refractivity contribution in [3.63, 3.8) is 0 Å². The first-order chi connectivity index (χ1) is 11.8. The molecule has 0 radical (unpaired) electrons. The highest BCUT2D eigenvalue weighted by molar-refractivity contribution is 5.77. The minimum Gasteiger partial charge on any atom is -0.444 e. The lowest BCUT2D eigenvalue weighted by atomic mass is 10.0. The van der Waals surface area contributed by atoms with Gasteiger partial charge in [0.1, 0.15) is 11.9 Å². The summed E-state index contributed by atoms with van der Waals surface area (Å²) in [5, 5.41) is 0. The Labute approximate surface area is 149 Å². The van der Waals surface area contributed by atoms with Crippen molar-refractivity contribution in [1.29, 1.82) is 0 Å². The molecule has 0 fully saturated rings. The number of aldehydes is 1. The maximum absolute atomic E-state index is 12.3. The van der Waals surface area contributed by atoms with E-state index in [1.54, 1.807) is 17.0 Å². The van der Waals surface area contributed by atoms with E-state index in [9.17, 15) is 9.59 Å². The second-order valence-electron chi connectivity index (χ2n) is 6.93. The summed E-state index contributed by atoms with van der Waals surface area (Å²) in [6.45, 7) is 8.60. The third kappa shape index (κ3) is 5.45. The molecule has 0 aromatic heterocycles. The molecular formula is C21H25NO3. The second kappa shape index (κ2) is 7.97. The van der Waals surface area contributed by atoms with Crippen LogP contribution in [-0.4, -0.2) is 29.4 Å². The molecule has 0 aliphatic rings. The van der Waals surface area contributed by atoms with E-state index in [-0.39, 0.29) is 6.09 Å². The fourth-order valence-electron chi connectivity index (χ4n) is 2.46. The molecule has 0 heterocycles. The van der Waals surface area contributed by atoms with Gasteiger partial charge in [-0.3, -0.25) is 4.79 Å². The molecule has 0 N–H and O–H groups in total. The van der Waals surface area contributed by atoms with E-state index < -0.39 is 5.60 Å². The number of hydrogen-bond donors (Lipinski definition) is 0. The molecule has 0 aliphatic carbocycles. The lowest BCUT2D eigenvalue weighted by Crippen LogP contribution is -2.36. The molecule has 2 rings (SSSR count). The van der Waals surface area contributed by atoms with Crippen molar-refractivity contribution in [2.75, 3.05) is 6.54 Å². The number of carbonyl (C=O) groups excluding carboxylic acids is 2. The molecule has 0 unspecified atom stereocenters. The fourth-order valence-corrected chi connectivity index (χ4v) is 2.46. The second-order valence-corrected chi connectivity index (χ2v) is 6.93. The third-order valence-corrected chi connectivity index (χ3v) is 3.71. The van der Waals surface area contributed by atoms with Crippen LogP contribution in [0.4, 0.5) is 4.79 Å². The van der Waals surface area contributed by atoms with Gasteiger partial charge >= 0.3 is 6.09 Å². The van der Waals surface area contributed by atoms with Gasteiger partial charge < -0.3 is 9.64 Å². The van der Waals surface area contributed by atoms with Gasteiger partial charge in [0.25, 0.3) is 0 Å². The van der Waals surface area contributed by atoms with Crippen LogP contribution in [0.15, 0.2) is 48.5 Å². The van der Waals surface area contributed by atoms with E-state index in [2.05, 4.69) is 6.07 Å². The Morgan fingerprint density at radius 3 is 2.32 bits per heavy atom. The Morgan fingerprint density at radius 1 is 1.08 bits per heavy atom. The molecule has 25 heavy (non-hydrogen) atoms. The van der Waals surface area contributed by atoms with E-state index in [0.717, 1.165) is 23.0 Å². The summed E-state index contributed by atoms with van der Waals surface area (Å²) in [5.41, 5.74) is 3.27.